The fourth-order valence-electron chi connectivity index (χ4n) is 3.32. The van der Waals surface area contributed by atoms with Crippen LogP contribution in [0.4, 0.5) is 8.78 Å². The van der Waals surface area contributed by atoms with E-state index < -0.39 is 17.9 Å². The molecule has 1 atom stereocenters. The van der Waals surface area contributed by atoms with Crippen molar-refractivity contribution in [2.45, 2.75) is 32.0 Å². The van der Waals surface area contributed by atoms with Crippen LogP contribution >= 0.6 is 0 Å². The molecule has 1 aromatic heterocycles. The fourth-order valence-corrected chi connectivity index (χ4v) is 3.32. The lowest BCUT2D eigenvalue weighted by Gasteiger charge is -2.12. The van der Waals surface area contributed by atoms with Gasteiger partial charge in [0.2, 0.25) is 0 Å². The highest BCUT2D eigenvalue weighted by molar-refractivity contribution is 5.96. The number of alkyl halides is 1. The second kappa shape index (κ2) is 9.26. The first-order chi connectivity index (χ1) is 15.4. The Kier molecular flexibility index (Phi) is 6.25. The number of amides is 2. The molecule has 2 amide bonds. The molecule has 0 saturated heterocycles. The van der Waals surface area contributed by atoms with Crippen molar-refractivity contribution in [1.29, 1.82) is 0 Å². The Hall–Kier alpha value is -3.61. The van der Waals surface area contributed by atoms with Crippen molar-refractivity contribution >= 4 is 11.8 Å². The van der Waals surface area contributed by atoms with Crippen LogP contribution in [0.3, 0.4) is 0 Å². The Bertz CT molecular complexity index is 1130. The van der Waals surface area contributed by atoms with E-state index in [-0.39, 0.29) is 29.6 Å². The molecule has 1 unspecified atom stereocenters. The number of carbonyl (C=O) groups excluding carboxylic acids is 2. The first-order valence-corrected chi connectivity index (χ1v) is 10.5. The number of nitrogens with zero attached hydrogens (tertiary/aromatic N) is 1. The molecule has 1 heterocycles. The third kappa shape index (κ3) is 4.99. The summed E-state index contributed by atoms with van der Waals surface area (Å²) in [6.45, 7) is 1.45. The van der Waals surface area contributed by atoms with E-state index in [0.717, 1.165) is 12.8 Å². The molecule has 1 aliphatic rings. The van der Waals surface area contributed by atoms with Crippen LogP contribution in [0.5, 0.6) is 0 Å². The highest BCUT2D eigenvalue weighted by Gasteiger charge is 2.24. The number of carbonyl (C=O) groups is 2. The zero-order chi connectivity index (χ0) is 22.7. The summed E-state index contributed by atoms with van der Waals surface area (Å²) >= 11 is 0. The molecule has 7 heteroatoms. The predicted molar refractivity (Wildman–Crippen MR) is 117 cm³/mol. The summed E-state index contributed by atoms with van der Waals surface area (Å²) < 4.78 is 28.7. The normalized spacial score (nSPS) is 14.0. The number of rotatable bonds is 7. The van der Waals surface area contributed by atoms with Crippen molar-refractivity contribution in [2.75, 3.05) is 6.54 Å². The van der Waals surface area contributed by atoms with E-state index in [9.17, 15) is 18.4 Å². The van der Waals surface area contributed by atoms with Gasteiger partial charge in [-0.25, -0.2) is 8.78 Å². The van der Waals surface area contributed by atoms with Crippen molar-refractivity contribution in [3.05, 3.63) is 88.9 Å². The monoisotopic (exact) mass is 435 g/mol. The maximum absolute atomic E-state index is 14.5. The van der Waals surface area contributed by atoms with Gasteiger partial charge in [-0.1, -0.05) is 30.3 Å². The van der Waals surface area contributed by atoms with Gasteiger partial charge in [0.25, 0.3) is 11.8 Å². The molecule has 164 valence electrons. The molecule has 1 saturated carbocycles. The number of nitrogens with one attached hydrogen (secondary N) is 2. The fraction of sp³-hybridized carbons (Fsp3) is 0.240. The van der Waals surface area contributed by atoms with Crippen molar-refractivity contribution in [3.8, 4) is 11.3 Å². The third-order valence-electron chi connectivity index (χ3n) is 5.42. The van der Waals surface area contributed by atoms with Gasteiger partial charge in [-0.3, -0.25) is 14.6 Å². The van der Waals surface area contributed by atoms with Crippen molar-refractivity contribution in [3.63, 3.8) is 0 Å². The summed E-state index contributed by atoms with van der Waals surface area (Å²) in [5, 5.41) is 5.40. The first-order valence-electron chi connectivity index (χ1n) is 10.5. The minimum Gasteiger partial charge on any atom is -0.349 e. The van der Waals surface area contributed by atoms with Crippen LogP contribution in [0.1, 0.15) is 50.9 Å². The quantitative estimate of drug-likeness (QED) is 0.573. The predicted octanol–water partition coefficient (Wildman–Crippen LogP) is 4.53. The summed E-state index contributed by atoms with van der Waals surface area (Å²) in [6, 6.07) is 14.7. The van der Waals surface area contributed by atoms with Gasteiger partial charge in [0, 0.05) is 23.4 Å². The largest absolute Gasteiger partial charge is 0.349 e. The molecule has 0 bridgehead atoms. The van der Waals surface area contributed by atoms with Crippen LogP contribution in [0.2, 0.25) is 0 Å². The summed E-state index contributed by atoms with van der Waals surface area (Å²) in [4.78, 5) is 29.0. The van der Waals surface area contributed by atoms with Gasteiger partial charge in [0.1, 0.15) is 12.0 Å². The summed E-state index contributed by atoms with van der Waals surface area (Å²) in [6.07, 6.45) is 1.91. The third-order valence-corrected chi connectivity index (χ3v) is 5.42. The zero-order valence-corrected chi connectivity index (χ0v) is 17.6. The van der Waals surface area contributed by atoms with Crippen LogP contribution in [0.25, 0.3) is 11.3 Å². The molecule has 2 aromatic carbocycles. The number of hydrogen-bond acceptors (Lipinski definition) is 3. The summed E-state index contributed by atoms with van der Waals surface area (Å²) in [5.74, 6) is -1.27. The number of aromatic nitrogens is 1. The molecular weight excluding hydrogens is 412 g/mol. The van der Waals surface area contributed by atoms with E-state index in [1.807, 2.05) is 0 Å². The maximum atomic E-state index is 14.5. The molecule has 3 aromatic rings. The Morgan fingerprint density at radius 3 is 2.47 bits per heavy atom. The van der Waals surface area contributed by atoms with Gasteiger partial charge in [-0.05, 0) is 55.2 Å². The van der Waals surface area contributed by atoms with E-state index >= 15 is 0 Å². The zero-order valence-electron chi connectivity index (χ0n) is 17.6. The highest BCUT2D eigenvalue weighted by Crippen LogP contribution is 2.27. The van der Waals surface area contributed by atoms with Crippen molar-refractivity contribution in [2.24, 2.45) is 0 Å². The Labute approximate surface area is 184 Å². The van der Waals surface area contributed by atoms with E-state index in [4.69, 9.17) is 0 Å². The van der Waals surface area contributed by atoms with Gasteiger partial charge in [-0.15, -0.1) is 0 Å². The van der Waals surface area contributed by atoms with E-state index in [0.29, 0.717) is 22.4 Å². The minimum absolute atomic E-state index is 0.160. The Morgan fingerprint density at radius 1 is 1.06 bits per heavy atom. The molecule has 0 radical (unpaired) electrons. The van der Waals surface area contributed by atoms with Gasteiger partial charge >= 0.3 is 0 Å². The van der Waals surface area contributed by atoms with E-state index in [2.05, 4.69) is 15.6 Å². The Morgan fingerprint density at radius 2 is 1.81 bits per heavy atom. The minimum atomic E-state index is -1.32. The number of benzene rings is 2. The maximum Gasteiger partial charge on any atom is 0.252 e. The number of pyridine rings is 1. The first kappa shape index (κ1) is 21.6. The van der Waals surface area contributed by atoms with Gasteiger partial charge < -0.3 is 10.6 Å². The molecule has 4 rings (SSSR count). The van der Waals surface area contributed by atoms with Crippen LogP contribution in [-0.4, -0.2) is 29.4 Å². The lowest BCUT2D eigenvalue weighted by molar-refractivity contribution is 0.0937. The molecule has 1 aliphatic carbocycles. The Balaban J connectivity index is 1.46. The molecule has 0 spiro atoms. The van der Waals surface area contributed by atoms with Crippen LogP contribution in [0.15, 0.2) is 60.8 Å². The van der Waals surface area contributed by atoms with Crippen LogP contribution < -0.4 is 10.6 Å². The van der Waals surface area contributed by atoms with Crippen molar-refractivity contribution in [1.82, 2.24) is 15.6 Å². The summed E-state index contributed by atoms with van der Waals surface area (Å²) in [7, 11) is 0. The molecule has 2 N–H and O–H groups in total. The smallest absolute Gasteiger partial charge is 0.252 e. The van der Waals surface area contributed by atoms with Gasteiger partial charge in [0.05, 0.1) is 17.8 Å². The van der Waals surface area contributed by atoms with E-state index in [1.54, 1.807) is 55.5 Å². The number of hydrogen-bond donors (Lipinski definition) is 2. The van der Waals surface area contributed by atoms with Crippen molar-refractivity contribution < 1.29 is 18.4 Å². The van der Waals surface area contributed by atoms with Gasteiger partial charge in [-0.2, -0.15) is 0 Å². The topological polar surface area (TPSA) is 71.1 Å². The molecule has 1 fully saturated rings. The second-order valence-electron chi connectivity index (χ2n) is 7.90. The SMILES string of the molecule is Cc1c(F)cc(C(=O)NC2CC2)cc1-c1ccc(C(=O)NCC(F)c2ccccc2)cn1. The molecule has 0 aliphatic heterocycles. The lowest BCUT2D eigenvalue weighted by atomic mass is 10.00. The highest BCUT2D eigenvalue weighted by atomic mass is 19.1. The molecular formula is C25H23F2N3O2. The second-order valence-corrected chi connectivity index (χ2v) is 7.90. The lowest BCUT2D eigenvalue weighted by Crippen LogP contribution is -2.27. The average Bonchev–Trinajstić information content (AvgIpc) is 3.63. The van der Waals surface area contributed by atoms with Crippen LogP contribution in [0, 0.1) is 12.7 Å². The van der Waals surface area contributed by atoms with Crippen LogP contribution in [-0.2, 0) is 0 Å². The standard InChI is InChI=1S/C25H23F2N3O2/c1-15-20(11-18(12-21(15)26)25(32)30-19-8-9-19)23-10-7-17(13-28-23)24(31)29-14-22(27)16-5-3-2-4-6-16/h2-7,10-13,19,22H,8-9,14H2,1H3,(H,29,31)(H,30,32). The molecule has 5 nitrogen and oxygen atoms in total. The average molecular weight is 435 g/mol. The van der Waals surface area contributed by atoms with E-state index in [1.165, 1.54) is 12.3 Å². The summed E-state index contributed by atoms with van der Waals surface area (Å²) in [5.41, 5.74) is 2.26. The molecule has 32 heavy (non-hydrogen) atoms. The number of halogens is 2. The van der Waals surface area contributed by atoms with Gasteiger partial charge in [0.15, 0.2) is 0 Å².